The average molecular weight is 259 g/mol. The molecule has 0 saturated carbocycles. The Balaban J connectivity index is 2.61. The van der Waals surface area contributed by atoms with Crippen LogP contribution in [0, 0.1) is 19.7 Å². The fraction of sp³-hybridized carbons (Fsp3) is 0.250. The molecule has 0 amide bonds. The van der Waals surface area contributed by atoms with Crippen LogP contribution in [0.4, 0.5) is 4.39 Å². The molecule has 0 aliphatic rings. The van der Waals surface area contributed by atoms with Crippen molar-refractivity contribution in [2.45, 2.75) is 20.4 Å². The molecule has 0 spiro atoms. The highest BCUT2D eigenvalue weighted by atomic mass is 19.1. The predicted molar refractivity (Wildman–Crippen MR) is 75.8 cm³/mol. The van der Waals surface area contributed by atoms with Crippen molar-refractivity contribution < 1.29 is 9.13 Å². The van der Waals surface area contributed by atoms with Crippen molar-refractivity contribution in [3.63, 3.8) is 0 Å². The van der Waals surface area contributed by atoms with E-state index in [1.54, 1.807) is 13.2 Å². The summed E-state index contributed by atoms with van der Waals surface area (Å²) >= 11 is 0. The maximum atomic E-state index is 14.0. The molecule has 0 heterocycles. The van der Waals surface area contributed by atoms with Crippen molar-refractivity contribution in [1.29, 1.82) is 0 Å². The zero-order valence-electron chi connectivity index (χ0n) is 11.5. The lowest BCUT2D eigenvalue weighted by molar-refractivity contribution is 0.411. The van der Waals surface area contributed by atoms with Gasteiger partial charge in [-0.05, 0) is 60.4 Å². The summed E-state index contributed by atoms with van der Waals surface area (Å²) in [7, 11) is 1.64. The maximum absolute atomic E-state index is 14.0. The largest absolute Gasteiger partial charge is 0.496 e. The third-order valence-corrected chi connectivity index (χ3v) is 3.30. The molecule has 0 aromatic heterocycles. The molecule has 2 nitrogen and oxygen atoms in total. The van der Waals surface area contributed by atoms with Gasteiger partial charge in [-0.2, -0.15) is 0 Å². The second-order valence-electron chi connectivity index (χ2n) is 4.66. The van der Waals surface area contributed by atoms with Gasteiger partial charge in [-0.1, -0.05) is 6.07 Å². The second-order valence-corrected chi connectivity index (χ2v) is 4.66. The highest BCUT2D eigenvalue weighted by molar-refractivity contribution is 5.70. The first-order valence-corrected chi connectivity index (χ1v) is 6.21. The first-order chi connectivity index (χ1) is 9.06. The monoisotopic (exact) mass is 259 g/mol. The van der Waals surface area contributed by atoms with Gasteiger partial charge in [0.05, 0.1) is 7.11 Å². The van der Waals surface area contributed by atoms with Crippen LogP contribution in [0.1, 0.15) is 16.7 Å². The van der Waals surface area contributed by atoms with E-state index < -0.39 is 0 Å². The Morgan fingerprint density at radius 1 is 1.05 bits per heavy atom. The minimum atomic E-state index is -0.232. The van der Waals surface area contributed by atoms with E-state index in [1.165, 1.54) is 6.07 Å². The van der Waals surface area contributed by atoms with E-state index in [2.05, 4.69) is 0 Å². The van der Waals surface area contributed by atoms with Crippen molar-refractivity contribution in [2.75, 3.05) is 7.11 Å². The van der Waals surface area contributed by atoms with Crippen LogP contribution < -0.4 is 10.5 Å². The van der Waals surface area contributed by atoms with Crippen LogP contribution >= 0.6 is 0 Å². The van der Waals surface area contributed by atoms with Crippen LogP contribution in [0.5, 0.6) is 5.75 Å². The number of aryl methyl sites for hydroxylation is 2. The van der Waals surface area contributed by atoms with Crippen LogP contribution in [0.25, 0.3) is 11.1 Å². The molecule has 0 aliphatic heterocycles. The first kappa shape index (κ1) is 13.6. The van der Waals surface area contributed by atoms with Gasteiger partial charge in [0.2, 0.25) is 0 Å². The van der Waals surface area contributed by atoms with Crippen LogP contribution in [0.2, 0.25) is 0 Å². The van der Waals surface area contributed by atoms with Crippen molar-refractivity contribution in [3.8, 4) is 16.9 Å². The van der Waals surface area contributed by atoms with E-state index in [4.69, 9.17) is 10.5 Å². The summed E-state index contributed by atoms with van der Waals surface area (Å²) in [6.07, 6.45) is 0. The number of halogens is 1. The molecule has 0 atom stereocenters. The van der Waals surface area contributed by atoms with Crippen molar-refractivity contribution in [1.82, 2.24) is 0 Å². The van der Waals surface area contributed by atoms with Crippen LogP contribution in [0.15, 0.2) is 30.3 Å². The molecule has 0 radical (unpaired) electrons. The molecule has 0 aliphatic carbocycles. The zero-order chi connectivity index (χ0) is 14.0. The molecular weight excluding hydrogens is 241 g/mol. The Bertz CT molecular complexity index is 608. The Labute approximate surface area is 113 Å². The fourth-order valence-electron chi connectivity index (χ4n) is 2.21. The Hall–Kier alpha value is -1.87. The highest BCUT2D eigenvalue weighted by Gasteiger charge is 2.11. The number of benzene rings is 2. The summed E-state index contributed by atoms with van der Waals surface area (Å²) < 4.78 is 19.3. The fourth-order valence-corrected chi connectivity index (χ4v) is 2.21. The van der Waals surface area contributed by atoms with Gasteiger partial charge < -0.3 is 10.5 Å². The Kier molecular flexibility index (Phi) is 3.86. The van der Waals surface area contributed by atoms with Gasteiger partial charge in [-0.15, -0.1) is 0 Å². The minimum absolute atomic E-state index is 0.232. The smallest absolute Gasteiger partial charge is 0.131 e. The van der Waals surface area contributed by atoms with E-state index in [1.807, 2.05) is 32.0 Å². The van der Waals surface area contributed by atoms with Gasteiger partial charge >= 0.3 is 0 Å². The molecule has 100 valence electrons. The van der Waals surface area contributed by atoms with Gasteiger partial charge in [0, 0.05) is 12.1 Å². The number of nitrogens with two attached hydrogens (primary N) is 1. The number of ether oxygens (including phenoxy) is 1. The Morgan fingerprint density at radius 2 is 1.79 bits per heavy atom. The molecule has 0 fully saturated rings. The van der Waals surface area contributed by atoms with Gasteiger partial charge in [-0.3, -0.25) is 0 Å². The normalized spacial score (nSPS) is 10.6. The molecule has 0 bridgehead atoms. The summed E-state index contributed by atoms with van der Waals surface area (Å²) in [5.74, 6) is 0.585. The van der Waals surface area contributed by atoms with Gasteiger partial charge in [-0.25, -0.2) is 4.39 Å². The second kappa shape index (κ2) is 5.41. The van der Waals surface area contributed by atoms with Crippen LogP contribution in [-0.2, 0) is 6.54 Å². The van der Waals surface area contributed by atoms with Crippen LogP contribution in [0.3, 0.4) is 0 Å². The van der Waals surface area contributed by atoms with Crippen molar-refractivity contribution in [3.05, 3.63) is 52.8 Å². The number of hydrogen-bond donors (Lipinski definition) is 1. The molecule has 0 saturated heterocycles. The zero-order valence-corrected chi connectivity index (χ0v) is 11.5. The summed E-state index contributed by atoms with van der Waals surface area (Å²) in [6, 6.07) is 8.87. The van der Waals surface area contributed by atoms with Gasteiger partial charge in [0.1, 0.15) is 11.6 Å². The quantitative estimate of drug-likeness (QED) is 0.914. The summed E-state index contributed by atoms with van der Waals surface area (Å²) in [6.45, 7) is 4.31. The van der Waals surface area contributed by atoms with E-state index in [0.29, 0.717) is 12.1 Å². The molecule has 2 N–H and O–H groups in total. The standard InChI is InChI=1S/C16H18FNO/c1-10-7-16(19-3)11(2)6-13(10)14-8-12(9-18)4-5-15(14)17/h4-8H,9,18H2,1-3H3. The molecule has 3 heteroatoms. The van der Waals surface area contributed by atoms with Gasteiger partial charge in [0.15, 0.2) is 0 Å². The molecule has 2 aromatic rings. The van der Waals surface area contributed by atoms with E-state index in [-0.39, 0.29) is 5.82 Å². The minimum Gasteiger partial charge on any atom is -0.496 e. The summed E-state index contributed by atoms with van der Waals surface area (Å²) in [5.41, 5.74) is 9.98. The molecule has 19 heavy (non-hydrogen) atoms. The topological polar surface area (TPSA) is 35.2 Å². The lowest BCUT2D eigenvalue weighted by Crippen LogP contribution is -1.98. The number of methoxy groups -OCH3 is 1. The van der Waals surface area contributed by atoms with E-state index >= 15 is 0 Å². The lowest BCUT2D eigenvalue weighted by atomic mass is 9.96. The summed E-state index contributed by atoms with van der Waals surface area (Å²) in [5, 5.41) is 0. The summed E-state index contributed by atoms with van der Waals surface area (Å²) in [4.78, 5) is 0. The van der Waals surface area contributed by atoms with Crippen molar-refractivity contribution >= 4 is 0 Å². The van der Waals surface area contributed by atoms with Crippen molar-refractivity contribution in [2.24, 2.45) is 5.73 Å². The highest BCUT2D eigenvalue weighted by Crippen LogP contribution is 2.32. The van der Waals surface area contributed by atoms with Gasteiger partial charge in [0.25, 0.3) is 0 Å². The third-order valence-electron chi connectivity index (χ3n) is 3.30. The Morgan fingerprint density at radius 3 is 2.42 bits per heavy atom. The van der Waals surface area contributed by atoms with Crippen LogP contribution in [-0.4, -0.2) is 7.11 Å². The predicted octanol–water partition coefficient (Wildman–Crippen LogP) is 3.58. The SMILES string of the molecule is COc1cc(C)c(-c2cc(CN)ccc2F)cc1C. The third kappa shape index (κ3) is 2.61. The lowest BCUT2D eigenvalue weighted by Gasteiger charge is -2.13. The van der Waals surface area contributed by atoms with E-state index in [9.17, 15) is 4.39 Å². The first-order valence-electron chi connectivity index (χ1n) is 6.21. The average Bonchev–Trinajstić information content (AvgIpc) is 2.41. The molecular formula is C16H18FNO. The van der Waals surface area contributed by atoms with E-state index in [0.717, 1.165) is 28.0 Å². The molecule has 2 rings (SSSR count). The number of hydrogen-bond acceptors (Lipinski definition) is 2. The molecule has 0 unspecified atom stereocenters. The maximum Gasteiger partial charge on any atom is 0.131 e. The molecule has 2 aromatic carbocycles. The number of rotatable bonds is 3.